The summed E-state index contributed by atoms with van der Waals surface area (Å²) >= 11 is 2.13. The number of unbranched alkanes of at least 4 members (excludes halogenated alkanes) is 4. The van der Waals surface area contributed by atoms with Crippen LogP contribution in [0.4, 0.5) is 0 Å². The molecule has 0 bridgehead atoms. The fraction of sp³-hybridized carbons (Fsp3) is 1.00. The second kappa shape index (κ2) is 14.1. The van der Waals surface area contributed by atoms with Gasteiger partial charge in [0.25, 0.3) is 0 Å². The molecule has 0 heterocycles. The van der Waals surface area contributed by atoms with Crippen molar-refractivity contribution in [2.75, 3.05) is 11.5 Å². The first-order chi connectivity index (χ1) is 5.41. The van der Waals surface area contributed by atoms with E-state index in [0.717, 1.165) is 0 Å². The topological polar surface area (TPSA) is 0 Å². The molecule has 0 aromatic carbocycles. The lowest BCUT2D eigenvalue weighted by atomic mass is 10.3. The standard InChI is InChI=1S/C10H22S.H4Si/c1-3-5-7-9-11-10-8-6-4-2;/h3-10H2,1-2H3;1H4. The van der Waals surface area contributed by atoms with Gasteiger partial charge in [0.1, 0.15) is 0 Å². The molecule has 76 valence electrons. The molecule has 0 saturated heterocycles. The number of hydrogen-bond acceptors (Lipinski definition) is 1. The summed E-state index contributed by atoms with van der Waals surface area (Å²) in [6, 6.07) is 0. The molecule has 0 N–H and O–H groups in total. The third-order valence-corrected chi connectivity index (χ3v) is 2.94. The molecular weight excluding hydrogens is 180 g/mol. The van der Waals surface area contributed by atoms with Crippen molar-refractivity contribution in [3.8, 4) is 0 Å². The predicted molar refractivity (Wildman–Crippen MR) is 67.7 cm³/mol. The molecule has 0 aliphatic rings. The molecule has 0 rings (SSSR count). The van der Waals surface area contributed by atoms with E-state index in [2.05, 4.69) is 25.6 Å². The average molecular weight is 206 g/mol. The molecule has 0 radical (unpaired) electrons. The number of thioether (sulfide) groups is 1. The van der Waals surface area contributed by atoms with E-state index in [-0.39, 0.29) is 11.0 Å². The molecule has 0 unspecified atom stereocenters. The molecule has 0 fully saturated rings. The fourth-order valence-corrected chi connectivity index (χ4v) is 2.03. The smallest absolute Gasteiger partial charge is 0.00675 e. The van der Waals surface area contributed by atoms with Crippen molar-refractivity contribution in [1.82, 2.24) is 0 Å². The summed E-state index contributed by atoms with van der Waals surface area (Å²) in [5, 5.41) is 0. The van der Waals surface area contributed by atoms with Gasteiger partial charge in [0.05, 0.1) is 0 Å². The molecule has 12 heavy (non-hydrogen) atoms. The summed E-state index contributed by atoms with van der Waals surface area (Å²) in [5.74, 6) is 2.77. The van der Waals surface area contributed by atoms with Crippen LogP contribution in [0.2, 0.25) is 0 Å². The van der Waals surface area contributed by atoms with Gasteiger partial charge < -0.3 is 0 Å². The summed E-state index contributed by atoms with van der Waals surface area (Å²) in [4.78, 5) is 0. The zero-order valence-electron chi connectivity index (χ0n) is 8.07. The molecule has 0 spiro atoms. The normalized spacial score (nSPS) is 9.50. The highest BCUT2D eigenvalue weighted by Gasteiger charge is 1.88. The van der Waals surface area contributed by atoms with Gasteiger partial charge in [0.2, 0.25) is 0 Å². The number of hydrogen-bond donors (Lipinski definition) is 0. The van der Waals surface area contributed by atoms with E-state index in [4.69, 9.17) is 0 Å². The first kappa shape index (κ1) is 15.1. The Labute approximate surface area is 86.9 Å². The zero-order valence-corrected chi connectivity index (χ0v) is 8.88. The van der Waals surface area contributed by atoms with Gasteiger partial charge in [-0.25, -0.2) is 0 Å². The van der Waals surface area contributed by atoms with Crippen molar-refractivity contribution in [2.24, 2.45) is 0 Å². The van der Waals surface area contributed by atoms with Gasteiger partial charge >= 0.3 is 0 Å². The molecule has 0 amide bonds. The van der Waals surface area contributed by atoms with Gasteiger partial charge in [-0.2, -0.15) is 11.8 Å². The molecule has 2 heteroatoms. The Morgan fingerprint density at radius 1 is 0.750 bits per heavy atom. The van der Waals surface area contributed by atoms with Crippen molar-refractivity contribution in [2.45, 2.75) is 52.4 Å². The first-order valence-corrected chi connectivity index (χ1v) is 6.15. The Hall–Kier alpha value is 0.567. The van der Waals surface area contributed by atoms with E-state index in [1.807, 2.05) is 0 Å². The van der Waals surface area contributed by atoms with Gasteiger partial charge in [-0.15, -0.1) is 0 Å². The van der Waals surface area contributed by atoms with Crippen LogP contribution in [0.5, 0.6) is 0 Å². The van der Waals surface area contributed by atoms with Gasteiger partial charge in [-0.05, 0) is 35.3 Å². The molecule has 0 aliphatic carbocycles. The van der Waals surface area contributed by atoms with Gasteiger partial charge in [-0.3, -0.25) is 0 Å². The molecule has 0 atom stereocenters. The second-order valence-electron chi connectivity index (χ2n) is 3.03. The van der Waals surface area contributed by atoms with Crippen LogP contribution in [-0.4, -0.2) is 22.5 Å². The summed E-state index contributed by atoms with van der Waals surface area (Å²) in [6.07, 6.45) is 8.40. The minimum Gasteiger partial charge on any atom is -0.162 e. The number of rotatable bonds is 8. The quantitative estimate of drug-likeness (QED) is 0.435. The molecule has 0 aliphatic heterocycles. The highest BCUT2D eigenvalue weighted by Crippen LogP contribution is 2.09. The maximum Gasteiger partial charge on any atom is -0.00675 e. The summed E-state index contributed by atoms with van der Waals surface area (Å²) in [7, 11) is 0. The van der Waals surface area contributed by atoms with Crippen LogP contribution < -0.4 is 0 Å². The van der Waals surface area contributed by atoms with Crippen molar-refractivity contribution in [1.29, 1.82) is 0 Å². The Bertz CT molecular complexity index is 58.9. The lowest BCUT2D eigenvalue weighted by Crippen LogP contribution is -1.83. The van der Waals surface area contributed by atoms with Crippen LogP contribution in [0.15, 0.2) is 0 Å². The monoisotopic (exact) mass is 206 g/mol. The zero-order chi connectivity index (χ0) is 8.36. The minimum atomic E-state index is 0. The van der Waals surface area contributed by atoms with Crippen molar-refractivity contribution < 1.29 is 0 Å². The van der Waals surface area contributed by atoms with Crippen LogP contribution in [0.1, 0.15) is 52.4 Å². The van der Waals surface area contributed by atoms with E-state index in [0.29, 0.717) is 0 Å². The van der Waals surface area contributed by atoms with E-state index >= 15 is 0 Å². The third-order valence-electron chi connectivity index (χ3n) is 1.78. The summed E-state index contributed by atoms with van der Waals surface area (Å²) in [6.45, 7) is 4.53. The van der Waals surface area contributed by atoms with Crippen molar-refractivity contribution in [3.05, 3.63) is 0 Å². The molecule has 0 saturated carbocycles. The van der Waals surface area contributed by atoms with Crippen LogP contribution in [0, 0.1) is 0 Å². The highest BCUT2D eigenvalue weighted by molar-refractivity contribution is 7.99. The lowest BCUT2D eigenvalue weighted by molar-refractivity contribution is 0.768. The van der Waals surface area contributed by atoms with Gasteiger partial charge in [0.15, 0.2) is 0 Å². The Morgan fingerprint density at radius 3 is 1.50 bits per heavy atom. The van der Waals surface area contributed by atoms with Crippen LogP contribution in [-0.2, 0) is 0 Å². The maximum absolute atomic E-state index is 2.27. The molecule has 0 nitrogen and oxygen atoms in total. The Morgan fingerprint density at radius 2 is 1.17 bits per heavy atom. The van der Waals surface area contributed by atoms with Crippen molar-refractivity contribution >= 4 is 22.7 Å². The first-order valence-electron chi connectivity index (χ1n) is 4.99. The van der Waals surface area contributed by atoms with E-state index in [9.17, 15) is 0 Å². The largest absolute Gasteiger partial charge is 0.162 e. The van der Waals surface area contributed by atoms with Crippen molar-refractivity contribution in [3.63, 3.8) is 0 Å². The highest BCUT2D eigenvalue weighted by atomic mass is 32.2. The summed E-state index contributed by atoms with van der Waals surface area (Å²) in [5.41, 5.74) is 0. The third kappa shape index (κ3) is 13.2. The molecular formula is C10H26SSi. The van der Waals surface area contributed by atoms with E-state index in [1.54, 1.807) is 0 Å². The van der Waals surface area contributed by atoms with Gasteiger partial charge in [-0.1, -0.05) is 39.5 Å². The van der Waals surface area contributed by atoms with E-state index in [1.165, 1.54) is 50.0 Å². The van der Waals surface area contributed by atoms with Crippen LogP contribution in [0.25, 0.3) is 0 Å². The minimum absolute atomic E-state index is 0. The lowest BCUT2D eigenvalue weighted by Gasteiger charge is -1.99. The maximum atomic E-state index is 2.27. The summed E-state index contributed by atoms with van der Waals surface area (Å²) < 4.78 is 0. The van der Waals surface area contributed by atoms with Crippen LogP contribution in [0.3, 0.4) is 0 Å². The average Bonchev–Trinajstić information content (AvgIpc) is 2.03. The molecule has 0 aromatic heterocycles. The fourth-order valence-electron chi connectivity index (χ4n) is 1.01. The predicted octanol–water partition coefficient (Wildman–Crippen LogP) is 2.65. The molecule has 0 aromatic rings. The van der Waals surface area contributed by atoms with E-state index < -0.39 is 0 Å². The second-order valence-corrected chi connectivity index (χ2v) is 4.25. The van der Waals surface area contributed by atoms with Crippen LogP contribution >= 0.6 is 11.8 Å². The van der Waals surface area contributed by atoms with Gasteiger partial charge in [0, 0.05) is 0 Å². The Balaban J connectivity index is 0. The Kier molecular flexibility index (Phi) is 17.7. The SMILES string of the molecule is CCCCCSCCCCC.[SiH4].